The van der Waals surface area contributed by atoms with E-state index in [1.807, 2.05) is 0 Å². The topological polar surface area (TPSA) is 127 Å². The molecule has 1 unspecified atom stereocenters. The number of rotatable bonds is 11. The maximum absolute atomic E-state index is 13.1. The molecule has 5 fully saturated rings. The minimum Gasteiger partial charge on any atom is -0.481 e. The van der Waals surface area contributed by atoms with Gasteiger partial charge in [0.25, 0.3) is 0 Å². The van der Waals surface area contributed by atoms with Gasteiger partial charge < -0.3 is 14.6 Å². The van der Waals surface area contributed by atoms with Crippen molar-refractivity contribution in [2.45, 2.75) is 151 Å². The number of hydrogen-bond acceptors (Lipinski definition) is 8. The van der Waals surface area contributed by atoms with Gasteiger partial charge in [0.2, 0.25) is 0 Å². The molecule has 10 atom stereocenters. The van der Waals surface area contributed by atoms with Gasteiger partial charge in [-0.3, -0.25) is 14.4 Å². The summed E-state index contributed by atoms with van der Waals surface area (Å²) in [5, 5.41) is 21.1. The minimum absolute atomic E-state index is 0.114. The van der Waals surface area contributed by atoms with Crippen molar-refractivity contribution in [3.05, 3.63) is 12.2 Å². The molecule has 6 aliphatic rings. The lowest BCUT2D eigenvalue weighted by molar-refractivity contribution is -0.251. The van der Waals surface area contributed by atoms with Gasteiger partial charge >= 0.3 is 17.9 Å². The molecule has 9 heteroatoms. The molecule has 1 heterocycles. The molecule has 1 aliphatic heterocycles. The summed E-state index contributed by atoms with van der Waals surface area (Å²) < 4.78 is 12.1. The van der Waals surface area contributed by atoms with E-state index >= 15 is 0 Å². The molecule has 0 aromatic carbocycles. The van der Waals surface area contributed by atoms with E-state index < -0.39 is 17.4 Å². The zero-order valence-corrected chi connectivity index (χ0v) is 32.8. The summed E-state index contributed by atoms with van der Waals surface area (Å²) in [6.07, 6.45) is 12.9. The zero-order valence-electron chi connectivity index (χ0n) is 32.8. The summed E-state index contributed by atoms with van der Waals surface area (Å²) in [7, 11) is 0. The molecule has 0 aromatic heterocycles. The Kier molecular flexibility index (Phi) is 10.0. The van der Waals surface area contributed by atoms with Crippen molar-refractivity contribution in [1.82, 2.24) is 0 Å². The maximum Gasteiger partial charge on any atom is 0.309 e. The van der Waals surface area contributed by atoms with Crippen molar-refractivity contribution in [3.63, 3.8) is 0 Å². The second-order valence-electron chi connectivity index (χ2n) is 19.8. The molecular weight excluding hydrogens is 642 g/mol. The largest absolute Gasteiger partial charge is 0.481 e. The Morgan fingerprint density at radius 1 is 0.902 bits per heavy atom. The highest BCUT2D eigenvalue weighted by atomic mass is 16.5. The fourth-order valence-corrected chi connectivity index (χ4v) is 13.6. The van der Waals surface area contributed by atoms with Crippen LogP contribution >= 0.6 is 0 Å². The molecule has 6 rings (SSSR count). The lowest BCUT2D eigenvalue weighted by Gasteiger charge is -2.73. The normalized spacial score (nSPS) is 41.0. The smallest absolute Gasteiger partial charge is 0.309 e. The molecule has 0 bridgehead atoms. The van der Waals surface area contributed by atoms with E-state index in [4.69, 9.17) is 9.47 Å². The van der Waals surface area contributed by atoms with Crippen LogP contribution in [0.2, 0.25) is 0 Å². The number of esters is 2. The van der Waals surface area contributed by atoms with Gasteiger partial charge in [-0.15, -0.1) is 5.10 Å². The number of carboxylic acid groups (broad SMARTS) is 1. The Labute approximate surface area is 306 Å². The van der Waals surface area contributed by atoms with Crippen LogP contribution in [0.25, 0.3) is 0 Å². The van der Waals surface area contributed by atoms with Gasteiger partial charge in [-0.2, -0.15) is 5.11 Å². The number of fused-ring (bicyclic) bond motifs is 7. The van der Waals surface area contributed by atoms with E-state index in [1.54, 1.807) is 13.8 Å². The summed E-state index contributed by atoms with van der Waals surface area (Å²) >= 11 is 0. The highest BCUT2D eigenvalue weighted by Gasteiger charge is 2.71. The predicted octanol–water partition coefficient (Wildman–Crippen LogP) is 9.59. The molecule has 0 aromatic rings. The van der Waals surface area contributed by atoms with E-state index in [9.17, 15) is 19.5 Å². The van der Waals surface area contributed by atoms with Gasteiger partial charge in [-0.25, -0.2) is 0 Å². The van der Waals surface area contributed by atoms with E-state index in [1.165, 1.54) is 50.5 Å². The average Bonchev–Trinajstić information content (AvgIpc) is 3.70. The third-order valence-corrected chi connectivity index (χ3v) is 16.6. The van der Waals surface area contributed by atoms with Crippen LogP contribution in [-0.4, -0.2) is 48.0 Å². The Morgan fingerprint density at radius 3 is 2.31 bits per heavy atom. The maximum atomic E-state index is 13.1. The van der Waals surface area contributed by atoms with Gasteiger partial charge in [-0.1, -0.05) is 46.8 Å². The first-order valence-corrected chi connectivity index (χ1v) is 20.0. The van der Waals surface area contributed by atoms with Gasteiger partial charge in [0.15, 0.2) is 0 Å². The van der Waals surface area contributed by atoms with Crippen LogP contribution < -0.4 is 0 Å². The number of carbonyl (C=O) groups is 3. The van der Waals surface area contributed by atoms with Crippen LogP contribution in [0.5, 0.6) is 0 Å². The Bertz CT molecular complexity index is 1480. The van der Waals surface area contributed by atoms with E-state index in [-0.39, 0.29) is 45.6 Å². The highest BCUT2D eigenvalue weighted by Crippen LogP contribution is 2.78. The minimum atomic E-state index is -1.14. The molecule has 51 heavy (non-hydrogen) atoms. The molecule has 1 N–H and O–H groups in total. The molecule has 5 aliphatic carbocycles. The monoisotopic (exact) mass is 707 g/mol. The van der Waals surface area contributed by atoms with Crippen molar-refractivity contribution in [3.8, 4) is 0 Å². The SMILES string of the molecule is C=C(C)C1CC[C@]2(CCOC(=O)CCC3=NN=NC3)CC[C@]3(C)[C@H](CC[C@@H]4[C@@]5(C)CC[C@H](OC(=O)CC(C)(C)C(=O)O)C(C)(C)[C@@H]5CC[C@]43C)[C@@H]12. The molecular formula is C42H65N3O6. The van der Waals surface area contributed by atoms with E-state index in [2.05, 4.69) is 63.6 Å². The lowest BCUT2D eigenvalue weighted by Crippen LogP contribution is -2.66. The second-order valence-corrected chi connectivity index (χ2v) is 19.8. The number of hydrogen-bond donors (Lipinski definition) is 1. The number of carbonyl (C=O) groups excluding carboxylic acids is 2. The zero-order chi connectivity index (χ0) is 37.2. The van der Waals surface area contributed by atoms with Crippen molar-refractivity contribution < 1.29 is 29.0 Å². The van der Waals surface area contributed by atoms with Crippen LogP contribution in [0.4, 0.5) is 0 Å². The van der Waals surface area contributed by atoms with Gasteiger partial charge in [0, 0.05) is 11.8 Å². The molecule has 5 saturated carbocycles. The third-order valence-electron chi connectivity index (χ3n) is 16.6. The van der Waals surface area contributed by atoms with Crippen LogP contribution in [0.3, 0.4) is 0 Å². The summed E-state index contributed by atoms with van der Waals surface area (Å²) in [6.45, 7) is 23.4. The fraction of sp³-hybridized carbons (Fsp3) is 0.857. The quantitative estimate of drug-likeness (QED) is 0.168. The number of carboxylic acids is 1. The number of allylic oxidation sites excluding steroid dienone is 1. The Morgan fingerprint density at radius 2 is 1.65 bits per heavy atom. The molecule has 284 valence electrons. The highest BCUT2D eigenvalue weighted by molar-refractivity contribution is 5.89. The Hall–Kier alpha value is -2.58. The fourth-order valence-electron chi connectivity index (χ4n) is 13.6. The molecule has 0 radical (unpaired) electrons. The van der Waals surface area contributed by atoms with E-state index in [0.29, 0.717) is 55.6 Å². The summed E-state index contributed by atoms with van der Waals surface area (Å²) in [6, 6.07) is 0. The standard InChI is InChI=1S/C42H65N3O6/c1-26(2)28-14-19-42(22-23-50-33(46)13-10-27-25-43-45-44-27)21-20-40(8)29(35(28)42)11-12-31-39(7)17-16-32(51-34(47)24-37(3,4)36(48)49)38(5,6)30(39)15-18-41(31,40)9/h28-32,35H,1,10-25H2,2-9H3,(H,48,49)/t28?,29-,30+,31-,32+,35-,39+,40-,41-,42-/m1/s1. The molecule has 0 spiro atoms. The summed E-state index contributed by atoms with van der Waals surface area (Å²) in [5.41, 5.74) is 1.57. The molecule has 0 amide bonds. The molecule has 9 nitrogen and oxygen atoms in total. The van der Waals surface area contributed by atoms with Crippen molar-refractivity contribution in [2.75, 3.05) is 13.2 Å². The van der Waals surface area contributed by atoms with Crippen molar-refractivity contribution in [2.24, 2.45) is 77.5 Å². The summed E-state index contributed by atoms with van der Waals surface area (Å²) in [4.78, 5) is 37.5. The Balaban J connectivity index is 1.18. The van der Waals surface area contributed by atoms with Crippen molar-refractivity contribution in [1.29, 1.82) is 0 Å². The first kappa shape index (κ1) is 38.2. The van der Waals surface area contributed by atoms with Crippen LogP contribution in [-0.2, 0) is 23.9 Å². The lowest BCUT2D eigenvalue weighted by atomic mass is 9.32. The number of aliphatic carboxylic acids is 1. The first-order chi connectivity index (χ1) is 23.8. The number of nitrogens with zero attached hydrogens (tertiary/aromatic N) is 3. The number of ether oxygens (including phenoxy) is 2. The molecule has 0 saturated heterocycles. The van der Waals surface area contributed by atoms with Crippen LogP contribution in [0, 0.1) is 62.1 Å². The van der Waals surface area contributed by atoms with Crippen LogP contribution in [0.1, 0.15) is 145 Å². The van der Waals surface area contributed by atoms with Crippen LogP contribution in [0.15, 0.2) is 27.6 Å². The van der Waals surface area contributed by atoms with Gasteiger partial charge in [0.1, 0.15) is 12.6 Å². The van der Waals surface area contributed by atoms with Gasteiger partial charge in [0.05, 0.1) is 30.6 Å². The predicted molar refractivity (Wildman–Crippen MR) is 197 cm³/mol. The van der Waals surface area contributed by atoms with Crippen molar-refractivity contribution >= 4 is 23.6 Å². The average molecular weight is 708 g/mol. The third kappa shape index (κ3) is 6.32. The first-order valence-electron chi connectivity index (χ1n) is 20.0. The second kappa shape index (κ2) is 13.4. The summed E-state index contributed by atoms with van der Waals surface area (Å²) in [5.74, 6) is 1.19. The van der Waals surface area contributed by atoms with Gasteiger partial charge in [-0.05, 0) is 148 Å². The van der Waals surface area contributed by atoms with E-state index in [0.717, 1.165) is 31.4 Å².